The summed E-state index contributed by atoms with van der Waals surface area (Å²) in [6.45, 7) is 3.60. The number of anilines is 1. The number of nitrogens with zero attached hydrogens (tertiary/aromatic N) is 4. The van der Waals surface area contributed by atoms with E-state index in [4.69, 9.17) is 5.73 Å². The molecule has 3 rings (SSSR count). The van der Waals surface area contributed by atoms with Gasteiger partial charge in [-0.1, -0.05) is 18.3 Å². The van der Waals surface area contributed by atoms with Gasteiger partial charge in [-0.2, -0.15) is 4.52 Å². The van der Waals surface area contributed by atoms with Crippen molar-refractivity contribution in [1.82, 2.24) is 14.6 Å². The first-order valence-electron chi connectivity index (χ1n) is 7.50. The van der Waals surface area contributed by atoms with Gasteiger partial charge in [0.1, 0.15) is 0 Å². The minimum absolute atomic E-state index is 0.143. The standard InChI is InChI=1S/C14H19N5O2S/c1-2-10-7-12(21)19-13(16-10)22-14(17-19)18-5-3-4-9(8-18)6-11(15)20/h7,9H,2-6,8H2,1H3,(H2,15,20). The highest BCUT2D eigenvalue weighted by Crippen LogP contribution is 2.27. The molecule has 0 saturated carbocycles. The molecule has 2 aromatic rings. The molecule has 2 aromatic heterocycles. The van der Waals surface area contributed by atoms with Gasteiger partial charge in [0, 0.05) is 31.3 Å². The quantitative estimate of drug-likeness (QED) is 0.899. The molecule has 8 heteroatoms. The van der Waals surface area contributed by atoms with Crippen molar-refractivity contribution < 1.29 is 4.79 Å². The zero-order valence-corrected chi connectivity index (χ0v) is 13.3. The molecule has 1 fully saturated rings. The van der Waals surface area contributed by atoms with Crippen molar-refractivity contribution in [2.75, 3.05) is 18.0 Å². The first-order valence-corrected chi connectivity index (χ1v) is 8.31. The van der Waals surface area contributed by atoms with Gasteiger partial charge in [-0.25, -0.2) is 4.98 Å². The number of hydrogen-bond acceptors (Lipinski definition) is 6. The van der Waals surface area contributed by atoms with Crippen LogP contribution in [-0.4, -0.2) is 33.6 Å². The predicted octanol–water partition coefficient (Wildman–Crippen LogP) is 0.805. The molecule has 1 unspecified atom stereocenters. The SMILES string of the molecule is CCc1cc(=O)n2nc(N3CCCC(CC(N)=O)C3)sc2n1. The Kier molecular flexibility index (Phi) is 4.10. The molecular weight excluding hydrogens is 302 g/mol. The molecule has 3 heterocycles. The summed E-state index contributed by atoms with van der Waals surface area (Å²) in [5.41, 5.74) is 5.93. The van der Waals surface area contributed by atoms with Crippen LogP contribution in [0, 0.1) is 5.92 Å². The lowest BCUT2D eigenvalue weighted by Gasteiger charge is -2.31. The van der Waals surface area contributed by atoms with Gasteiger partial charge in [-0.15, -0.1) is 5.10 Å². The maximum atomic E-state index is 12.1. The van der Waals surface area contributed by atoms with E-state index in [1.807, 2.05) is 6.92 Å². The van der Waals surface area contributed by atoms with Gasteiger partial charge in [0.25, 0.3) is 5.56 Å². The summed E-state index contributed by atoms with van der Waals surface area (Å²) in [5.74, 6) is -0.00392. The molecule has 1 amide bonds. The summed E-state index contributed by atoms with van der Waals surface area (Å²) in [5, 5.41) is 5.18. The lowest BCUT2D eigenvalue weighted by molar-refractivity contribution is -0.118. The maximum Gasteiger partial charge on any atom is 0.275 e. The Labute approximate surface area is 131 Å². The third kappa shape index (κ3) is 2.96. The summed E-state index contributed by atoms with van der Waals surface area (Å²) in [7, 11) is 0. The van der Waals surface area contributed by atoms with Crippen LogP contribution in [0.15, 0.2) is 10.9 Å². The number of hydrogen-bond donors (Lipinski definition) is 1. The van der Waals surface area contributed by atoms with E-state index in [0.29, 0.717) is 11.4 Å². The van der Waals surface area contributed by atoms with Gasteiger partial charge >= 0.3 is 0 Å². The molecule has 0 bridgehead atoms. The third-order valence-electron chi connectivity index (χ3n) is 3.93. The summed E-state index contributed by atoms with van der Waals surface area (Å²) in [6, 6.07) is 1.53. The van der Waals surface area contributed by atoms with Crippen molar-refractivity contribution in [2.24, 2.45) is 11.7 Å². The molecule has 22 heavy (non-hydrogen) atoms. The predicted molar refractivity (Wildman–Crippen MR) is 85.3 cm³/mol. The van der Waals surface area contributed by atoms with Crippen LogP contribution in [-0.2, 0) is 11.2 Å². The van der Waals surface area contributed by atoms with E-state index in [9.17, 15) is 9.59 Å². The second-order valence-electron chi connectivity index (χ2n) is 5.64. The van der Waals surface area contributed by atoms with Crippen LogP contribution >= 0.6 is 11.3 Å². The third-order valence-corrected chi connectivity index (χ3v) is 4.90. The number of carbonyl (C=O) groups is 1. The van der Waals surface area contributed by atoms with E-state index >= 15 is 0 Å². The fourth-order valence-corrected chi connectivity index (χ4v) is 3.81. The molecule has 118 valence electrons. The zero-order chi connectivity index (χ0) is 15.7. The number of carbonyl (C=O) groups excluding carboxylic acids is 1. The van der Waals surface area contributed by atoms with Crippen molar-refractivity contribution in [3.05, 3.63) is 22.1 Å². The van der Waals surface area contributed by atoms with Crippen molar-refractivity contribution in [1.29, 1.82) is 0 Å². The minimum atomic E-state index is -0.262. The molecule has 1 saturated heterocycles. The first kappa shape index (κ1) is 15.0. The molecule has 0 spiro atoms. The highest BCUT2D eigenvalue weighted by atomic mass is 32.1. The van der Waals surface area contributed by atoms with E-state index < -0.39 is 0 Å². The molecule has 7 nitrogen and oxygen atoms in total. The molecule has 2 N–H and O–H groups in total. The topological polar surface area (TPSA) is 93.6 Å². The van der Waals surface area contributed by atoms with Gasteiger partial charge in [0.05, 0.1) is 0 Å². The fraction of sp³-hybridized carbons (Fsp3) is 0.571. The number of piperidine rings is 1. The lowest BCUT2D eigenvalue weighted by atomic mass is 9.95. The van der Waals surface area contributed by atoms with Crippen LogP contribution in [0.3, 0.4) is 0 Å². The molecule has 1 aliphatic rings. The van der Waals surface area contributed by atoms with Crippen LogP contribution in [0.5, 0.6) is 0 Å². The monoisotopic (exact) mass is 321 g/mol. The van der Waals surface area contributed by atoms with Crippen molar-refractivity contribution in [2.45, 2.75) is 32.6 Å². The van der Waals surface area contributed by atoms with Gasteiger partial charge < -0.3 is 10.6 Å². The fourth-order valence-electron chi connectivity index (χ4n) is 2.84. The second-order valence-corrected chi connectivity index (χ2v) is 6.58. The number of rotatable bonds is 4. The second kappa shape index (κ2) is 6.04. The number of aromatic nitrogens is 3. The van der Waals surface area contributed by atoms with Crippen molar-refractivity contribution in [3.63, 3.8) is 0 Å². The Morgan fingerprint density at radius 3 is 3.09 bits per heavy atom. The molecule has 0 aromatic carbocycles. The van der Waals surface area contributed by atoms with Crippen LogP contribution < -0.4 is 16.2 Å². The highest BCUT2D eigenvalue weighted by Gasteiger charge is 2.24. The first-order chi connectivity index (χ1) is 10.6. The Morgan fingerprint density at radius 2 is 2.36 bits per heavy atom. The van der Waals surface area contributed by atoms with Gasteiger partial charge in [-0.05, 0) is 25.2 Å². The normalized spacial score (nSPS) is 18.8. The molecule has 1 aliphatic heterocycles. The molecule has 0 radical (unpaired) electrons. The van der Waals surface area contributed by atoms with Crippen LogP contribution in [0.4, 0.5) is 5.13 Å². The average molecular weight is 321 g/mol. The minimum Gasteiger partial charge on any atom is -0.370 e. The van der Waals surface area contributed by atoms with Crippen molar-refractivity contribution >= 4 is 27.3 Å². The summed E-state index contributed by atoms with van der Waals surface area (Å²) in [6.07, 6.45) is 3.13. The van der Waals surface area contributed by atoms with Gasteiger partial charge in [0.2, 0.25) is 16.0 Å². The van der Waals surface area contributed by atoms with E-state index in [1.54, 1.807) is 0 Å². The van der Waals surface area contributed by atoms with Gasteiger partial charge in [-0.3, -0.25) is 9.59 Å². The average Bonchev–Trinajstić information content (AvgIpc) is 2.91. The molecule has 0 aliphatic carbocycles. The number of nitrogens with two attached hydrogens (primary N) is 1. The summed E-state index contributed by atoms with van der Waals surface area (Å²) in [4.78, 5) is 30.4. The lowest BCUT2D eigenvalue weighted by Crippen LogP contribution is -2.37. The number of amides is 1. The van der Waals surface area contributed by atoms with Crippen LogP contribution in [0.25, 0.3) is 4.96 Å². The number of aryl methyl sites for hydroxylation is 1. The zero-order valence-electron chi connectivity index (χ0n) is 12.5. The van der Waals surface area contributed by atoms with Gasteiger partial charge in [0.15, 0.2) is 0 Å². The smallest absolute Gasteiger partial charge is 0.275 e. The Balaban J connectivity index is 1.88. The van der Waals surface area contributed by atoms with E-state index in [2.05, 4.69) is 15.0 Å². The Bertz CT molecular complexity index is 753. The molecular formula is C14H19N5O2S. The highest BCUT2D eigenvalue weighted by molar-refractivity contribution is 7.20. The summed E-state index contributed by atoms with van der Waals surface area (Å²) < 4.78 is 1.36. The molecule has 1 atom stereocenters. The number of fused-ring (bicyclic) bond motifs is 1. The summed E-state index contributed by atoms with van der Waals surface area (Å²) >= 11 is 1.42. The van der Waals surface area contributed by atoms with E-state index in [0.717, 1.165) is 43.2 Å². The van der Waals surface area contributed by atoms with Crippen molar-refractivity contribution in [3.8, 4) is 0 Å². The van der Waals surface area contributed by atoms with Crippen LogP contribution in [0.2, 0.25) is 0 Å². The Morgan fingerprint density at radius 1 is 1.55 bits per heavy atom. The van der Waals surface area contributed by atoms with E-state index in [-0.39, 0.29) is 17.4 Å². The number of primary amides is 1. The van der Waals surface area contributed by atoms with Crippen LogP contribution in [0.1, 0.15) is 31.9 Å². The largest absolute Gasteiger partial charge is 0.370 e. The Hall–Kier alpha value is -1.96. The van der Waals surface area contributed by atoms with E-state index in [1.165, 1.54) is 21.9 Å². The maximum absolute atomic E-state index is 12.1.